The fraction of sp³-hybridized carbons (Fsp3) is 0.182. The maximum absolute atomic E-state index is 13.3. The van der Waals surface area contributed by atoms with E-state index in [9.17, 15) is 9.18 Å². The molecular weight excluding hydrogens is 229 g/mol. The lowest BCUT2D eigenvalue weighted by Crippen LogP contribution is -1.93. The number of halogens is 1. The first-order valence-electron chi connectivity index (χ1n) is 4.57. The van der Waals surface area contributed by atoms with Crippen molar-refractivity contribution in [3.63, 3.8) is 0 Å². The lowest BCUT2D eigenvalue weighted by Gasteiger charge is -2.03. The number of aliphatic carboxylic acids is 1. The molecule has 1 aromatic rings. The van der Waals surface area contributed by atoms with E-state index in [2.05, 4.69) is 0 Å². The SMILES string of the molecule is CC(=CC(=O)O)CSc1ccc(N)cc1F. The molecule has 1 rings (SSSR count). The Labute approximate surface area is 97.2 Å². The summed E-state index contributed by atoms with van der Waals surface area (Å²) in [6.07, 6.45) is 1.11. The number of thioether (sulfide) groups is 1. The van der Waals surface area contributed by atoms with Gasteiger partial charge in [0.05, 0.1) is 0 Å². The summed E-state index contributed by atoms with van der Waals surface area (Å²) in [7, 11) is 0. The lowest BCUT2D eigenvalue weighted by atomic mass is 10.3. The zero-order valence-corrected chi connectivity index (χ0v) is 9.55. The zero-order valence-electron chi connectivity index (χ0n) is 8.74. The minimum atomic E-state index is -0.990. The molecule has 5 heteroatoms. The van der Waals surface area contributed by atoms with E-state index in [0.717, 1.165) is 6.08 Å². The van der Waals surface area contributed by atoms with Crippen LogP contribution in [0.4, 0.5) is 10.1 Å². The summed E-state index contributed by atoms with van der Waals surface area (Å²) in [4.78, 5) is 10.8. The van der Waals surface area contributed by atoms with Crippen LogP contribution in [0.5, 0.6) is 0 Å². The van der Waals surface area contributed by atoms with E-state index in [1.807, 2.05) is 0 Å². The van der Waals surface area contributed by atoms with Crippen molar-refractivity contribution >= 4 is 23.4 Å². The monoisotopic (exact) mass is 241 g/mol. The summed E-state index contributed by atoms with van der Waals surface area (Å²) in [6.45, 7) is 1.69. The van der Waals surface area contributed by atoms with Crippen LogP contribution in [0.25, 0.3) is 0 Å². The Morgan fingerprint density at radius 2 is 2.31 bits per heavy atom. The molecule has 0 heterocycles. The number of hydrogen-bond donors (Lipinski definition) is 2. The first-order chi connectivity index (χ1) is 7.49. The maximum Gasteiger partial charge on any atom is 0.328 e. The van der Waals surface area contributed by atoms with Crippen molar-refractivity contribution in [2.75, 3.05) is 11.5 Å². The molecule has 86 valence electrons. The molecule has 0 aromatic heterocycles. The summed E-state index contributed by atoms with van der Waals surface area (Å²) < 4.78 is 13.3. The molecule has 0 fully saturated rings. The van der Waals surface area contributed by atoms with Gasteiger partial charge in [0.15, 0.2) is 0 Å². The molecule has 0 bridgehead atoms. The third kappa shape index (κ3) is 3.94. The van der Waals surface area contributed by atoms with Crippen molar-refractivity contribution in [1.82, 2.24) is 0 Å². The Hall–Kier alpha value is -1.49. The maximum atomic E-state index is 13.3. The number of nitrogens with two attached hydrogens (primary N) is 1. The van der Waals surface area contributed by atoms with Crippen molar-refractivity contribution < 1.29 is 14.3 Å². The Bertz CT molecular complexity index is 432. The molecule has 0 spiro atoms. The van der Waals surface area contributed by atoms with E-state index in [4.69, 9.17) is 10.8 Å². The quantitative estimate of drug-likeness (QED) is 0.483. The van der Waals surface area contributed by atoms with Gasteiger partial charge in [-0.1, -0.05) is 5.57 Å². The fourth-order valence-electron chi connectivity index (χ4n) is 1.08. The number of carboxylic acids is 1. The largest absolute Gasteiger partial charge is 0.478 e. The summed E-state index contributed by atoms with van der Waals surface area (Å²) in [5.74, 6) is -0.934. The van der Waals surface area contributed by atoms with E-state index in [1.54, 1.807) is 19.1 Å². The highest BCUT2D eigenvalue weighted by molar-refractivity contribution is 7.99. The molecule has 0 atom stereocenters. The van der Waals surface area contributed by atoms with Gasteiger partial charge in [-0.3, -0.25) is 0 Å². The van der Waals surface area contributed by atoms with Gasteiger partial charge in [-0.05, 0) is 25.1 Å². The van der Waals surface area contributed by atoms with Crippen LogP contribution in [0.3, 0.4) is 0 Å². The number of nitrogen functional groups attached to an aromatic ring is 1. The average molecular weight is 241 g/mol. The van der Waals surface area contributed by atoms with Crippen molar-refractivity contribution in [3.05, 3.63) is 35.7 Å². The minimum Gasteiger partial charge on any atom is -0.478 e. The van der Waals surface area contributed by atoms with Gasteiger partial charge in [0, 0.05) is 22.4 Å². The number of carbonyl (C=O) groups is 1. The molecule has 0 amide bonds. The molecule has 0 saturated heterocycles. The molecule has 0 aliphatic carbocycles. The number of carboxylic acid groups (broad SMARTS) is 1. The Kier molecular flexibility index (Phi) is 4.37. The zero-order chi connectivity index (χ0) is 12.1. The van der Waals surface area contributed by atoms with Gasteiger partial charge in [0.1, 0.15) is 5.82 Å². The molecule has 1 aromatic carbocycles. The Morgan fingerprint density at radius 1 is 1.62 bits per heavy atom. The normalized spacial score (nSPS) is 11.5. The van der Waals surface area contributed by atoms with Crippen LogP contribution in [0.2, 0.25) is 0 Å². The van der Waals surface area contributed by atoms with E-state index in [-0.39, 0.29) is 5.82 Å². The topological polar surface area (TPSA) is 63.3 Å². The fourth-order valence-corrected chi connectivity index (χ4v) is 1.91. The molecule has 0 aliphatic rings. The van der Waals surface area contributed by atoms with Crippen molar-refractivity contribution in [3.8, 4) is 0 Å². The van der Waals surface area contributed by atoms with Gasteiger partial charge in [-0.25, -0.2) is 9.18 Å². The second kappa shape index (κ2) is 5.55. The van der Waals surface area contributed by atoms with Crippen LogP contribution in [-0.4, -0.2) is 16.8 Å². The second-order valence-electron chi connectivity index (χ2n) is 3.31. The van der Waals surface area contributed by atoms with Gasteiger partial charge in [-0.2, -0.15) is 0 Å². The lowest BCUT2D eigenvalue weighted by molar-refractivity contribution is -0.131. The highest BCUT2D eigenvalue weighted by atomic mass is 32.2. The third-order valence-electron chi connectivity index (χ3n) is 1.78. The molecule has 3 nitrogen and oxygen atoms in total. The predicted molar refractivity (Wildman–Crippen MR) is 62.9 cm³/mol. The van der Waals surface area contributed by atoms with Crippen molar-refractivity contribution in [2.24, 2.45) is 0 Å². The van der Waals surface area contributed by atoms with Crippen LogP contribution < -0.4 is 5.73 Å². The number of rotatable bonds is 4. The van der Waals surface area contributed by atoms with E-state index in [0.29, 0.717) is 21.9 Å². The van der Waals surface area contributed by atoms with E-state index in [1.165, 1.54) is 17.8 Å². The third-order valence-corrected chi connectivity index (χ3v) is 3.02. The molecule has 0 aliphatic heterocycles. The molecular formula is C11H12FNO2S. The van der Waals surface area contributed by atoms with Crippen molar-refractivity contribution in [1.29, 1.82) is 0 Å². The number of hydrogen-bond acceptors (Lipinski definition) is 3. The minimum absolute atomic E-state index is 0.375. The molecule has 3 N–H and O–H groups in total. The Morgan fingerprint density at radius 3 is 2.88 bits per heavy atom. The van der Waals surface area contributed by atoms with Gasteiger partial charge < -0.3 is 10.8 Å². The summed E-state index contributed by atoms with van der Waals surface area (Å²) >= 11 is 1.24. The molecule has 0 radical (unpaired) electrons. The highest BCUT2D eigenvalue weighted by Gasteiger charge is 2.03. The molecule has 0 unspecified atom stereocenters. The van der Waals surface area contributed by atoms with Gasteiger partial charge in [0.25, 0.3) is 0 Å². The Balaban J connectivity index is 2.65. The van der Waals surface area contributed by atoms with Crippen LogP contribution >= 0.6 is 11.8 Å². The van der Waals surface area contributed by atoms with E-state index < -0.39 is 5.97 Å². The van der Waals surface area contributed by atoms with E-state index >= 15 is 0 Å². The highest BCUT2D eigenvalue weighted by Crippen LogP contribution is 2.24. The van der Waals surface area contributed by atoms with Crippen LogP contribution in [0.15, 0.2) is 34.7 Å². The predicted octanol–water partition coefficient (Wildman–Crippen LogP) is 2.53. The van der Waals surface area contributed by atoms with Crippen LogP contribution in [0, 0.1) is 5.82 Å². The first kappa shape index (κ1) is 12.6. The first-order valence-corrected chi connectivity index (χ1v) is 5.55. The number of benzene rings is 1. The van der Waals surface area contributed by atoms with Gasteiger partial charge >= 0.3 is 5.97 Å². The summed E-state index contributed by atoms with van der Waals surface area (Å²) in [6, 6.07) is 4.45. The van der Waals surface area contributed by atoms with Crippen molar-refractivity contribution in [2.45, 2.75) is 11.8 Å². The smallest absolute Gasteiger partial charge is 0.328 e. The molecule has 0 saturated carbocycles. The summed E-state index contributed by atoms with van der Waals surface area (Å²) in [5, 5.41) is 8.50. The summed E-state index contributed by atoms with van der Waals surface area (Å²) in [5.41, 5.74) is 6.46. The molecule has 16 heavy (non-hydrogen) atoms. The average Bonchev–Trinajstić information content (AvgIpc) is 2.15. The second-order valence-corrected chi connectivity index (χ2v) is 4.32. The van der Waals surface area contributed by atoms with Gasteiger partial charge in [-0.15, -0.1) is 11.8 Å². The van der Waals surface area contributed by atoms with Gasteiger partial charge in [0.2, 0.25) is 0 Å². The van der Waals surface area contributed by atoms with Crippen LogP contribution in [0.1, 0.15) is 6.92 Å². The standard InChI is InChI=1S/C11H12FNO2S/c1-7(4-11(14)15)6-16-10-3-2-8(13)5-9(10)12/h2-5H,6,13H2,1H3,(H,14,15). The number of anilines is 1. The van der Waals surface area contributed by atoms with Crippen LogP contribution in [-0.2, 0) is 4.79 Å².